The summed E-state index contributed by atoms with van der Waals surface area (Å²) in [6.45, 7) is 2.51. The summed E-state index contributed by atoms with van der Waals surface area (Å²) in [4.78, 5) is 64.6. The minimum atomic E-state index is -4.77. The van der Waals surface area contributed by atoms with Crippen LogP contribution in [-0.4, -0.2) is 86.2 Å². The molecule has 2 N–H and O–H groups in total. The number of fused-ring (bicyclic) bond motifs is 1. The quantitative estimate of drug-likeness (QED) is 0.219. The molecule has 0 aliphatic carbocycles. The van der Waals surface area contributed by atoms with Crippen LogP contribution in [0.15, 0.2) is 53.5 Å². The van der Waals surface area contributed by atoms with E-state index in [4.69, 9.17) is 4.74 Å². The standard InChI is InChI=1S/C32H31F4N9O5/c1-2-23-26(42-11-13-43(14-12-42)30(49)28(47)39-24-5-3-4-10-37-24)29(48)45-31(40-27(41-45)19-8-15-50-16-9-19)44(23)18-25(46)38-22-7-6-20(17-21(22)33)32(34,35)36/h3-8,10,17H,2,9,11-16,18H2,1H3,(H,38,46)(H,37,39,47). The number of halogens is 4. The van der Waals surface area contributed by atoms with Gasteiger partial charge in [0.2, 0.25) is 11.7 Å². The molecule has 0 spiro atoms. The number of pyridine rings is 1. The normalized spacial score (nSPS) is 15.2. The van der Waals surface area contributed by atoms with Gasteiger partial charge in [-0.25, -0.2) is 9.37 Å². The maximum Gasteiger partial charge on any atom is 0.416 e. The van der Waals surface area contributed by atoms with Crippen LogP contribution in [0.2, 0.25) is 0 Å². The summed E-state index contributed by atoms with van der Waals surface area (Å²) in [5.41, 5.74) is -0.879. The van der Waals surface area contributed by atoms with Crippen LogP contribution in [0.3, 0.4) is 0 Å². The second-order valence-corrected chi connectivity index (χ2v) is 11.4. The average molecular weight is 698 g/mol. The molecule has 0 atom stereocenters. The zero-order valence-corrected chi connectivity index (χ0v) is 26.7. The summed E-state index contributed by atoms with van der Waals surface area (Å²) in [6.07, 6.45) is -0.797. The van der Waals surface area contributed by atoms with E-state index in [-0.39, 0.29) is 55.7 Å². The summed E-state index contributed by atoms with van der Waals surface area (Å²) in [7, 11) is 0. The Labute approximate surface area is 281 Å². The molecule has 4 aromatic rings. The molecule has 14 nitrogen and oxygen atoms in total. The minimum absolute atomic E-state index is 0.0287. The fraction of sp³-hybridized carbons (Fsp3) is 0.344. The molecule has 1 aromatic carbocycles. The van der Waals surface area contributed by atoms with E-state index in [1.807, 2.05) is 0 Å². The van der Waals surface area contributed by atoms with Crippen LogP contribution in [-0.2, 0) is 38.3 Å². The van der Waals surface area contributed by atoms with Crippen LogP contribution in [0.4, 0.5) is 34.8 Å². The van der Waals surface area contributed by atoms with E-state index in [0.717, 1.165) is 16.2 Å². The first kappa shape index (κ1) is 34.2. The number of benzene rings is 1. The van der Waals surface area contributed by atoms with Crippen molar-refractivity contribution in [2.45, 2.75) is 32.5 Å². The number of nitrogens with one attached hydrogen (secondary N) is 2. The van der Waals surface area contributed by atoms with Crippen LogP contribution in [0.1, 0.15) is 30.4 Å². The van der Waals surface area contributed by atoms with Crippen molar-refractivity contribution in [1.29, 1.82) is 0 Å². The number of anilines is 3. The van der Waals surface area contributed by atoms with Crippen molar-refractivity contribution in [3.63, 3.8) is 0 Å². The Morgan fingerprint density at radius 1 is 1.04 bits per heavy atom. The number of ether oxygens (including phenoxy) is 1. The topological polar surface area (TPSA) is 156 Å². The highest BCUT2D eigenvalue weighted by atomic mass is 19.4. The van der Waals surface area contributed by atoms with Gasteiger partial charge in [0.1, 0.15) is 23.9 Å². The number of piperazine rings is 1. The highest BCUT2D eigenvalue weighted by molar-refractivity contribution is 6.39. The van der Waals surface area contributed by atoms with Crippen molar-refractivity contribution < 1.29 is 36.7 Å². The summed E-state index contributed by atoms with van der Waals surface area (Å²) in [5.74, 6) is -3.19. The molecular formula is C32H31F4N9O5. The van der Waals surface area contributed by atoms with Gasteiger partial charge in [-0.1, -0.05) is 19.1 Å². The Morgan fingerprint density at radius 2 is 1.82 bits per heavy atom. The number of hydrogen-bond donors (Lipinski definition) is 2. The zero-order chi connectivity index (χ0) is 35.6. The number of aromatic nitrogens is 5. The molecule has 6 rings (SSSR count). The van der Waals surface area contributed by atoms with E-state index in [1.54, 1.807) is 36.1 Å². The van der Waals surface area contributed by atoms with Gasteiger partial charge in [0.05, 0.1) is 30.2 Å². The van der Waals surface area contributed by atoms with Crippen LogP contribution in [0.25, 0.3) is 11.4 Å². The van der Waals surface area contributed by atoms with E-state index in [0.29, 0.717) is 37.5 Å². The minimum Gasteiger partial charge on any atom is -0.377 e. The highest BCUT2D eigenvalue weighted by Crippen LogP contribution is 2.31. The molecule has 0 unspecified atom stereocenters. The van der Waals surface area contributed by atoms with E-state index >= 15 is 0 Å². The molecule has 0 bridgehead atoms. The van der Waals surface area contributed by atoms with Crippen LogP contribution < -0.4 is 21.1 Å². The molecule has 0 saturated carbocycles. The molecule has 2 aliphatic rings. The number of alkyl halides is 3. The van der Waals surface area contributed by atoms with Crippen molar-refractivity contribution in [3.8, 4) is 0 Å². The number of carbonyl (C=O) groups is 3. The van der Waals surface area contributed by atoms with Crippen LogP contribution in [0.5, 0.6) is 0 Å². The largest absolute Gasteiger partial charge is 0.416 e. The number of hydrogen-bond acceptors (Lipinski definition) is 9. The Balaban J connectivity index is 1.30. The van der Waals surface area contributed by atoms with Gasteiger partial charge in [0.25, 0.3) is 5.56 Å². The van der Waals surface area contributed by atoms with Gasteiger partial charge < -0.3 is 29.7 Å². The van der Waals surface area contributed by atoms with Crippen molar-refractivity contribution in [3.05, 3.63) is 81.9 Å². The monoisotopic (exact) mass is 697 g/mol. The van der Waals surface area contributed by atoms with Gasteiger partial charge >= 0.3 is 18.0 Å². The molecule has 262 valence electrons. The van der Waals surface area contributed by atoms with Gasteiger partial charge in [-0.15, -0.1) is 5.10 Å². The van der Waals surface area contributed by atoms with Gasteiger partial charge in [-0.05, 0) is 48.7 Å². The van der Waals surface area contributed by atoms with Crippen molar-refractivity contribution >= 4 is 46.3 Å². The maximum atomic E-state index is 14.6. The van der Waals surface area contributed by atoms with E-state index < -0.39 is 53.1 Å². The molecular weight excluding hydrogens is 666 g/mol. The summed E-state index contributed by atoms with van der Waals surface area (Å²) >= 11 is 0. The Kier molecular flexibility index (Phi) is 9.63. The fourth-order valence-corrected chi connectivity index (χ4v) is 5.80. The summed E-state index contributed by atoms with van der Waals surface area (Å²) in [6, 6.07) is 6.65. The Bertz CT molecular complexity index is 2040. The lowest BCUT2D eigenvalue weighted by molar-refractivity contribution is -0.143. The first-order valence-corrected chi connectivity index (χ1v) is 15.7. The van der Waals surface area contributed by atoms with Gasteiger partial charge in [-0.2, -0.15) is 22.7 Å². The number of rotatable bonds is 7. The van der Waals surface area contributed by atoms with Gasteiger partial charge in [-0.3, -0.25) is 19.2 Å². The van der Waals surface area contributed by atoms with Crippen molar-refractivity contribution in [2.75, 3.05) is 54.9 Å². The lowest BCUT2D eigenvalue weighted by Gasteiger charge is -2.36. The third kappa shape index (κ3) is 7.05. The predicted octanol–water partition coefficient (Wildman–Crippen LogP) is 2.74. The number of amides is 3. The smallest absolute Gasteiger partial charge is 0.377 e. The summed E-state index contributed by atoms with van der Waals surface area (Å²) in [5, 5.41) is 9.25. The van der Waals surface area contributed by atoms with E-state index in [1.165, 1.54) is 15.7 Å². The van der Waals surface area contributed by atoms with Gasteiger partial charge in [0, 0.05) is 32.4 Å². The molecule has 0 radical (unpaired) electrons. The summed E-state index contributed by atoms with van der Waals surface area (Å²) < 4.78 is 61.7. The third-order valence-electron chi connectivity index (χ3n) is 8.27. The SMILES string of the molecule is CCc1c(N2CCN(C(=O)C(=O)Nc3ccccn3)CC2)c(=O)n2nc(C3=CCOCC3)nc2n1CC(=O)Nc1ccc(C(F)(F)F)cc1F. The first-order chi connectivity index (χ1) is 23.9. The lowest BCUT2D eigenvalue weighted by Crippen LogP contribution is -2.53. The van der Waals surface area contributed by atoms with E-state index in [2.05, 4.69) is 25.7 Å². The van der Waals surface area contributed by atoms with E-state index in [9.17, 15) is 36.7 Å². The average Bonchev–Trinajstić information content (AvgIpc) is 3.57. The second kappa shape index (κ2) is 14.1. The number of carbonyl (C=O) groups excluding carboxylic acids is 3. The van der Waals surface area contributed by atoms with Gasteiger partial charge in [0.15, 0.2) is 5.82 Å². The number of nitrogens with zero attached hydrogens (tertiary/aromatic N) is 7. The Hall–Kier alpha value is -5.65. The lowest BCUT2D eigenvalue weighted by atomic mass is 10.1. The molecule has 5 heterocycles. The van der Waals surface area contributed by atoms with Crippen molar-refractivity contribution in [2.24, 2.45) is 0 Å². The second-order valence-electron chi connectivity index (χ2n) is 11.4. The third-order valence-corrected chi connectivity index (χ3v) is 8.27. The predicted molar refractivity (Wildman–Crippen MR) is 172 cm³/mol. The highest BCUT2D eigenvalue weighted by Gasteiger charge is 2.33. The van der Waals surface area contributed by atoms with Crippen LogP contribution >= 0.6 is 0 Å². The molecule has 50 heavy (non-hydrogen) atoms. The van der Waals surface area contributed by atoms with Crippen LogP contribution in [0, 0.1) is 5.82 Å². The molecule has 2 aliphatic heterocycles. The maximum absolute atomic E-state index is 14.6. The molecule has 1 saturated heterocycles. The fourth-order valence-electron chi connectivity index (χ4n) is 5.80. The van der Waals surface area contributed by atoms with Crippen molar-refractivity contribution in [1.82, 2.24) is 29.0 Å². The molecule has 3 amide bonds. The first-order valence-electron chi connectivity index (χ1n) is 15.7. The molecule has 18 heteroatoms. The molecule has 1 fully saturated rings. The molecule has 3 aromatic heterocycles. The zero-order valence-electron chi connectivity index (χ0n) is 26.7. The Morgan fingerprint density at radius 3 is 2.46 bits per heavy atom.